The smallest absolute Gasteiger partial charge is 0.330 e. The predicted octanol–water partition coefficient (Wildman–Crippen LogP) is 14.6. The zero-order valence-corrected chi connectivity index (χ0v) is 50.3. The molecule has 4 aromatic carbocycles. The minimum atomic E-state index is -0.486. The fourth-order valence-corrected chi connectivity index (χ4v) is 7.63. The van der Waals surface area contributed by atoms with E-state index in [1.165, 1.54) is 18.8 Å². The van der Waals surface area contributed by atoms with Crippen LogP contribution in [0.2, 0.25) is 0 Å². The van der Waals surface area contributed by atoms with E-state index in [0.29, 0.717) is 164 Å². The van der Waals surface area contributed by atoms with Gasteiger partial charge in [-0.05, 0) is 124 Å². The van der Waals surface area contributed by atoms with Gasteiger partial charge in [-0.3, -0.25) is 0 Å². The fourth-order valence-electron chi connectivity index (χ4n) is 7.63. The highest BCUT2D eigenvalue weighted by Crippen LogP contribution is 2.43. The van der Waals surface area contributed by atoms with Crippen LogP contribution in [0.25, 0.3) is 35.4 Å². The molecule has 88 heavy (non-hydrogen) atoms. The lowest BCUT2D eigenvalue weighted by Crippen LogP contribution is -2.09. The Kier molecular flexibility index (Phi) is 37.1. The van der Waals surface area contributed by atoms with Crippen molar-refractivity contribution in [2.45, 2.75) is 77.0 Å². The van der Waals surface area contributed by atoms with Crippen LogP contribution in [0.15, 0.2) is 166 Å². The number of unbranched alkanes of at least 4 members (excludes halogenated alkanes) is 6. The molecule has 0 aromatic heterocycles. The molecule has 0 bridgehead atoms. The molecule has 4 aromatic rings. The molecular formula is C70H82O18. The second-order valence-corrected chi connectivity index (χ2v) is 18.7. The second kappa shape index (κ2) is 45.9. The van der Waals surface area contributed by atoms with E-state index >= 15 is 0 Å². The Morgan fingerprint density at radius 3 is 0.920 bits per heavy atom. The zero-order valence-electron chi connectivity index (χ0n) is 50.3. The van der Waals surface area contributed by atoms with E-state index in [9.17, 15) is 14.4 Å². The van der Waals surface area contributed by atoms with Crippen LogP contribution < -0.4 is 28.4 Å². The molecule has 0 unspecified atom stereocenters. The van der Waals surface area contributed by atoms with Crippen LogP contribution >= 0.6 is 0 Å². The quantitative estimate of drug-likeness (QED) is 0.00466. The van der Waals surface area contributed by atoms with Gasteiger partial charge in [0.1, 0.15) is 0 Å². The third-order valence-corrected chi connectivity index (χ3v) is 12.1. The number of carbonyl (C=O) groups excluding carboxylic acids is 3. The Labute approximate surface area is 517 Å². The molecule has 0 heterocycles. The number of esters is 3. The summed E-state index contributed by atoms with van der Waals surface area (Å²) in [6, 6.07) is 24.0. The van der Waals surface area contributed by atoms with Gasteiger partial charge in [0.25, 0.3) is 0 Å². The lowest BCUT2D eigenvalue weighted by Gasteiger charge is -2.19. The molecule has 0 aliphatic carbocycles. The maximum absolute atomic E-state index is 11.6. The van der Waals surface area contributed by atoms with Crippen molar-refractivity contribution in [3.8, 4) is 45.6 Å². The maximum atomic E-state index is 11.6. The van der Waals surface area contributed by atoms with Crippen LogP contribution in [0, 0.1) is 0 Å². The first-order valence-corrected chi connectivity index (χ1v) is 29.2. The summed E-state index contributed by atoms with van der Waals surface area (Å²) in [7, 11) is 0. The first-order valence-electron chi connectivity index (χ1n) is 29.2. The highest BCUT2D eigenvalue weighted by molar-refractivity contribution is 5.82. The summed E-state index contributed by atoms with van der Waals surface area (Å²) in [5.41, 5.74) is 12.9. The summed E-state index contributed by atoms with van der Waals surface area (Å²) in [6.07, 6.45) is 22.5. The lowest BCUT2D eigenvalue weighted by molar-refractivity contribution is -0.249. The van der Waals surface area contributed by atoms with Gasteiger partial charge in [-0.15, -0.1) is 0 Å². The van der Waals surface area contributed by atoms with E-state index in [-0.39, 0.29) is 26.4 Å². The minimum absolute atomic E-state index is 0.221. The first-order chi connectivity index (χ1) is 43.2. The van der Waals surface area contributed by atoms with Crippen LogP contribution in [0.3, 0.4) is 0 Å². The van der Waals surface area contributed by atoms with E-state index in [0.717, 1.165) is 51.6 Å². The van der Waals surface area contributed by atoms with Crippen LogP contribution in [-0.2, 0) is 57.9 Å². The molecule has 0 spiro atoms. The van der Waals surface area contributed by atoms with Crippen molar-refractivity contribution in [3.63, 3.8) is 0 Å². The highest BCUT2D eigenvalue weighted by Gasteiger charge is 2.20. The predicted molar refractivity (Wildman–Crippen MR) is 337 cm³/mol. The van der Waals surface area contributed by atoms with E-state index in [1.807, 2.05) is 72.8 Å². The molecular weight excluding hydrogens is 1130 g/mol. The SMILES string of the molecule is C=C=COOCCCCOc1ccc(C=Cc2ccc(-c3ccc(C=Cc4ccc(OCCCCOC(=O)C=C)c(OCCCCOC(=O)C=C)c4OCCCCOOC=C=C)cc3)cc2)c(OCCCCOC(=O)C=C)c1OCCCCOOC=C=C. The van der Waals surface area contributed by atoms with Crippen LogP contribution in [-0.4, -0.2) is 97.2 Å². The summed E-state index contributed by atoms with van der Waals surface area (Å²) in [5, 5.41) is 0. The van der Waals surface area contributed by atoms with Crippen molar-refractivity contribution in [1.29, 1.82) is 0 Å². The molecule has 0 amide bonds. The average molecular weight is 1210 g/mol. The number of carbonyl (C=O) groups is 3. The Bertz CT molecular complexity index is 2940. The number of hydrogen-bond donors (Lipinski definition) is 0. The van der Waals surface area contributed by atoms with Crippen molar-refractivity contribution in [2.75, 3.05) is 79.3 Å². The van der Waals surface area contributed by atoms with Crippen LogP contribution in [0.4, 0.5) is 0 Å². The van der Waals surface area contributed by atoms with Crippen molar-refractivity contribution in [2.24, 2.45) is 0 Å². The Morgan fingerprint density at radius 1 is 0.330 bits per heavy atom. The largest absolute Gasteiger partial charge is 0.490 e. The van der Waals surface area contributed by atoms with Crippen LogP contribution in [0.1, 0.15) is 99.3 Å². The lowest BCUT2D eigenvalue weighted by atomic mass is 10.0. The summed E-state index contributed by atoms with van der Waals surface area (Å²) in [6.45, 7) is 24.4. The maximum Gasteiger partial charge on any atom is 0.330 e. The van der Waals surface area contributed by atoms with E-state index < -0.39 is 17.9 Å². The normalized spacial score (nSPS) is 10.5. The molecule has 0 fully saturated rings. The summed E-state index contributed by atoms with van der Waals surface area (Å²) >= 11 is 0. The van der Waals surface area contributed by atoms with Crippen LogP contribution in [0.5, 0.6) is 34.5 Å². The molecule has 0 aliphatic heterocycles. The Morgan fingerprint density at radius 2 is 0.614 bits per heavy atom. The molecule has 0 saturated heterocycles. The molecule has 0 N–H and O–H groups in total. The van der Waals surface area contributed by atoms with Gasteiger partial charge in [0.05, 0.1) is 79.3 Å². The van der Waals surface area contributed by atoms with E-state index in [4.69, 9.17) is 72.0 Å². The highest BCUT2D eigenvalue weighted by atomic mass is 17.2. The average Bonchev–Trinajstić information content (AvgIpc) is 3.67. The number of hydrogen-bond acceptors (Lipinski definition) is 18. The van der Waals surface area contributed by atoms with Gasteiger partial charge in [-0.25, -0.2) is 14.4 Å². The molecule has 470 valence electrons. The zero-order chi connectivity index (χ0) is 62.9. The Hall–Kier alpha value is -9.37. The molecule has 0 atom stereocenters. The van der Waals surface area contributed by atoms with Gasteiger partial charge in [0, 0.05) is 29.4 Å². The van der Waals surface area contributed by atoms with Gasteiger partial charge in [0.2, 0.25) is 11.5 Å². The monoisotopic (exact) mass is 1210 g/mol. The third-order valence-electron chi connectivity index (χ3n) is 12.1. The van der Waals surface area contributed by atoms with Gasteiger partial charge in [0.15, 0.2) is 41.8 Å². The van der Waals surface area contributed by atoms with Gasteiger partial charge in [-0.1, -0.05) is 130 Å². The van der Waals surface area contributed by atoms with Crippen molar-refractivity contribution in [1.82, 2.24) is 0 Å². The fraction of sp³-hybridized carbons (Fsp3) is 0.343. The standard InChI is InChI=1S/C70H82O18/c1-7-41-83-86-53-22-19-45-75-63-40-38-60(67(79-49-17-15-47-77-65(72)11-5)70(63)82-52-21-24-55-88-85-43-9-3)35-29-56-25-31-58(32-26-56)59-33-27-57(28-34-59)30-36-61-37-39-62(74-44-13-14-46-76-64(71)10-4)69(81-51-18-16-48-78-66(73)12-6)68(61)80-50-20-23-54-87-84-42-8-2/h10-12,25-43H,1-6,13-24,44-55H2. The Balaban J connectivity index is 1.57. The summed E-state index contributed by atoms with van der Waals surface area (Å²) in [4.78, 5) is 64.9. The van der Waals surface area contributed by atoms with Crippen molar-refractivity contribution in [3.05, 3.63) is 189 Å². The van der Waals surface area contributed by atoms with E-state index in [1.54, 1.807) is 0 Å². The van der Waals surface area contributed by atoms with Crippen molar-refractivity contribution < 1.29 is 86.3 Å². The topological polar surface area (TPSA) is 190 Å². The third kappa shape index (κ3) is 29.6. The van der Waals surface area contributed by atoms with Crippen molar-refractivity contribution >= 4 is 42.2 Å². The van der Waals surface area contributed by atoms with Gasteiger partial charge >= 0.3 is 17.9 Å². The molecule has 4 rings (SSSR count). The molecule has 0 radical (unpaired) electrons. The van der Waals surface area contributed by atoms with E-state index in [2.05, 4.69) is 80.9 Å². The number of rotatable bonds is 50. The molecule has 0 saturated carbocycles. The molecule has 18 heteroatoms. The summed E-state index contributed by atoms with van der Waals surface area (Å²) in [5.74, 6) is 1.44. The first kappa shape index (κ1) is 71.1. The number of ether oxygens (including phenoxy) is 9. The van der Waals surface area contributed by atoms with Gasteiger partial charge < -0.3 is 57.3 Å². The molecule has 0 aliphatic rings. The molecule has 18 nitrogen and oxygen atoms in total. The minimum Gasteiger partial charge on any atom is -0.490 e. The summed E-state index contributed by atoms with van der Waals surface area (Å²) < 4.78 is 53.9. The number of benzene rings is 4. The second-order valence-electron chi connectivity index (χ2n) is 18.7. The van der Waals surface area contributed by atoms with Gasteiger partial charge in [-0.2, -0.15) is 14.7 Å².